The second-order valence-corrected chi connectivity index (χ2v) is 8.64. The van der Waals surface area contributed by atoms with Gasteiger partial charge in [-0.2, -0.15) is 0 Å². The molecule has 28 heavy (non-hydrogen) atoms. The van der Waals surface area contributed by atoms with Gasteiger partial charge in [-0.25, -0.2) is 0 Å². The van der Waals surface area contributed by atoms with Gasteiger partial charge < -0.3 is 10.6 Å². The number of carbonyl (C=O) groups excluding carboxylic acids is 1. The first-order chi connectivity index (χ1) is 13.7. The number of hydrogen-bond acceptors (Lipinski definition) is 2. The van der Waals surface area contributed by atoms with E-state index in [1.165, 1.54) is 18.4 Å². The van der Waals surface area contributed by atoms with Crippen LogP contribution in [0.3, 0.4) is 0 Å². The van der Waals surface area contributed by atoms with Gasteiger partial charge in [-0.1, -0.05) is 73.5 Å². The highest BCUT2D eigenvalue weighted by molar-refractivity contribution is 14.1. The number of nitrogens with one attached hydrogen (secondary N) is 2. The third-order valence-corrected chi connectivity index (χ3v) is 6.50. The van der Waals surface area contributed by atoms with Gasteiger partial charge in [-0.3, -0.25) is 4.79 Å². The molecule has 0 bridgehead atoms. The van der Waals surface area contributed by atoms with E-state index < -0.39 is 0 Å². The molecule has 1 fully saturated rings. The van der Waals surface area contributed by atoms with Crippen molar-refractivity contribution < 1.29 is 4.79 Å². The Balaban J connectivity index is 1.50. The molecule has 4 heteroatoms. The summed E-state index contributed by atoms with van der Waals surface area (Å²) in [6.07, 6.45) is 4.51. The van der Waals surface area contributed by atoms with Gasteiger partial charge in [-0.15, -0.1) is 0 Å². The van der Waals surface area contributed by atoms with Crippen LogP contribution in [0.15, 0.2) is 66.7 Å². The Kier molecular flexibility index (Phi) is 6.27. The summed E-state index contributed by atoms with van der Waals surface area (Å²) in [5.74, 6) is 0.0413. The van der Waals surface area contributed by atoms with Crippen LogP contribution in [0.1, 0.15) is 41.6 Å². The van der Waals surface area contributed by atoms with E-state index in [-0.39, 0.29) is 11.9 Å². The van der Waals surface area contributed by atoms with Gasteiger partial charge in [-0.05, 0) is 57.8 Å². The molecular weight excluding hydrogens is 459 g/mol. The van der Waals surface area contributed by atoms with Crippen molar-refractivity contribution >= 4 is 39.3 Å². The van der Waals surface area contributed by atoms with Gasteiger partial charge in [0.2, 0.25) is 0 Å². The van der Waals surface area contributed by atoms with Crippen LogP contribution < -0.4 is 10.6 Å². The van der Waals surface area contributed by atoms with E-state index in [9.17, 15) is 4.79 Å². The number of fused-ring (bicyclic) bond motifs is 1. The van der Waals surface area contributed by atoms with Crippen LogP contribution in [-0.4, -0.2) is 18.0 Å². The van der Waals surface area contributed by atoms with Crippen LogP contribution in [0.2, 0.25) is 0 Å². The molecule has 3 nitrogen and oxygen atoms in total. The summed E-state index contributed by atoms with van der Waals surface area (Å²) in [4.78, 5) is 13.2. The molecule has 0 aromatic heterocycles. The van der Waals surface area contributed by atoms with Crippen molar-refractivity contribution in [3.63, 3.8) is 0 Å². The van der Waals surface area contributed by atoms with E-state index >= 15 is 0 Å². The van der Waals surface area contributed by atoms with Crippen LogP contribution >= 0.6 is 22.6 Å². The fourth-order valence-electron chi connectivity index (χ4n) is 4.11. The summed E-state index contributed by atoms with van der Waals surface area (Å²) in [7, 11) is 0. The molecule has 0 aliphatic heterocycles. The lowest BCUT2D eigenvalue weighted by Crippen LogP contribution is -2.51. The Bertz CT molecular complexity index is 957. The number of halogens is 1. The van der Waals surface area contributed by atoms with Crippen LogP contribution in [0.5, 0.6) is 0 Å². The molecule has 1 aliphatic rings. The van der Waals surface area contributed by atoms with Gasteiger partial charge in [0, 0.05) is 22.2 Å². The van der Waals surface area contributed by atoms with Crippen LogP contribution in [0.25, 0.3) is 10.8 Å². The van der Waals surface area contributed by atoms with E-state index in [0.29, 0.717) is 6.04 Å². The molecule has 0 radical (unpaired) electrons. The minimum Gasteiger partial charge on any atom is -0.348 e. The molecule has 1 aliphatic carbocycles. The minimum atomic E-state index is 0.0413. The second-order valence-electron chi connectivity index (χ2n) is 7.48. The molecule has 144 valence electrons. The summed E-state index contributed by atoms with van der Waals surface area (Å²) in [5, 5.41) is 9.16. The summed E-state index contributed by atoms with van der Waals surface area (Å²) < 4.78 is 0.999. The normalized spacial score (nSPS) is 19.5. The predicted molar refractivity (Wildman–Crippen MR) is 123 cm³/mol. The molecule has 0 saturated heterocycles. The van der Waals surface area contributed by atoms with Crippen molar-refractivity contribution in [2.45, 2.75) is 44.3 Å². The highest BCUT2D eigenvalue weighted by Crippen LogP contribution is 2.25. The smallest absolute Gasteiger partial charge is 0.253 e. The molecule has 2 N–H and O–H groups in total. The molecule has 4 rings (SSSR count). The van der Waals surface area contributed by atoms with Crippen LogP contribution in [0.4, 0.5) is 0 Å². The molecule has 2 atom stereocenters. The standard InChI is InChI=1S/C24H25IN2O/c25-20-15-14-18-10-4-5-11-19(18)23(20)24(28)27-22-13-7-6-12-21(22)26-16-17-8-2-1-3-9-17/h1-5,8-11,14-15,21-22,26H,6-7,12-13,16H2,(H,27,28)/t21-,22-/m1/s1. The SMILES string of the molecule is O=C(N[C@@H]1CCCC[C@H]1NCc1ccccc1)c1c(I)ccc2ccccc12. The molecular formula is C24H25IN2O. The van der Waals surface area contributed by atoms with E-state index in [1.54, 1.807) is 0 Å². The first-order valence-corrected chi connectivity index (χ1v) is 11.1. The average Bonchev–Trinajstić information content (AvgIpc) is 2.73. The fourth-order valence-corrected chi connectivity index (χ4v) is 4.82. The molecule has 1 saturated carbocycles. The molecule has 3 aromatic rings. The fraction of sp³-hybridized carbons (Fsp3) is 0.292. The van der Waals surface area contributed by atoms with Crippen LogP contribution in [-0.2, 0) is 6.54 Å². The zero-order chi connectivity index (χ0) is 19.3. The third kappa shape index (κ3) is 4.39. The van der Waals surface area contributed by atoms with Gasteiger partial charge >= 0.3 is 0 Å². The summed E-state index contributed by atoms with van der Waals surface area (Å²) in [5.41, 5.74) is 2.08. The number of rotatable bonds is 5. The van der Waals surface area contributed by atoms with Gasteiger partial charge in [0.1, 0.15) is 0 Å². The maximum atomic E-state index is 13.2. The van der Waals surface area contributed by atoms with E-state index in [4.69, 9.17) is 0 Å². The van der Waals surface area contributed by atoms with Crippen molar-refractivity contribution in [1.29, 1.82) is 0 Å². The highest BCUT2D eigenvalue weighted by Gasteiger charge is 2.27. The van der Waals surface area contributed by atoms with Crippen molar-refractivity contribution in [3.05, 3.63) is 81.4 Å². The third-order valence-electron chi connectivity index (χ3n) is 5.60. The van der Waals surface area contributed by atoms with Crippen molar-refractivity contribution in [2.24, 2.45) is 0 Å². The Morgan fingerprint density at radius 1 is 0.893 bits per heavy atom. The lowest BCUT2D eigenvalue weighted by molar-refractivity contribution is 0.0915. The molecule has 0 spiro atoms. The number of benzene rings is 3. The number of hydrogen-bond donors (Lipinski definition) is 2. The first-order valence-electron chi connectivity index (χ1n) is 9.98. The average molecular weight is 484 g/mol. The zero-order valence-corrected chi connectivity index (χ0v) is 18.0. The zero-order valence-electron chi connectivity index (χ0n) is 15.8. The monoisotopic (exact) mass is 484 g/mol. The maximum Gasteiger partial charge on any atom is 0.253 e. The van der Waals surface area contributed by atoms with E-state index in [0.717, 1.165) is 39.3 Å². The van der Waals surface area contributed by atoms with Crippen molar-refractivity contribution in [2.75, 3.05) is 0 Å². The first kappa shape index (κ1) is 19.4. The summed E-state index contributed by atoms with van der Waals surface area (Å²) in [6, 6.07) is 23.2. The van der Waals surface area contributed by atoms with E-state index in [1.807, 2.05) is 30.3 Å². The Morgan fingerprint density at radius 2 is 1.61 bits per heavy atom. The molecule has 3 aromatic carbocycles. The molecule has 0 heterocycles. The van der Waals surface area contributed by atoms with Crippen LogP contribution in [0, 0.1) is 3.57 Å². The predicted octanol–water partition coefficient (Wildman–Crippen LogP) is 5.28. The summed E-state index contributed by atoms with van der Waals surface area (Å²) in [6.45, 7) is 0.837. The van der Waals surface area contributed by atoms with Crippen molar-refractivity contribution in [1.82, 2.24) is 10.6 Å². The Labute approximate surface area is 180 Å². The lowest BCUT2D eigenvalue weighted by atomic mass is 9.89. The molecule has 0 unspecified atom stereocenters. The maximum absolute atomic E-state index is 13.2. The Hall–Kier alpha value is -1.92. The quantitative estimate of drug-likeness (QED) is 0.485. The van der Waals surface area contributed by atoms with Crippen molar-refractivity contribution in [3.8, 4) is 0 Å². The van der Waals surface area contributed by atoms with Gasteiger partial charge in [0.25, 0.3) is 5.91 Å². The summed E-state index contributed by atoms with van der Waals surface area (Å²) >= 11 is 2.27. The minimum absolute atomic E-state index is 0.0413. The largest absolute Gasteiger partial charge is 0.348 e. The highest BCUT2D eigenvalue weighted by atomic mass is 127. The van der Waals surface area contributed by atoms with Gasteiger partial charge in [0.05, 0.1) is 5.56 Å². The number of amides is 1. The lowest BCUT2D eigenvalue weighted by Gasteiger charge is -2.33. The second kappa shape index (κ2) is 9.05. The Morgan fingerprint density at radius 3 is 2.43 bits per heavy atom. The van der Waals surface area contributed by atoms with Gasteiger partial charge in [0.15, 0.2) is 0 Å². The number of carbonyl (C=O) groups is 1. The van der Waals surface area contributed by atoms with E-state index in [2.05, 4.69) is 69.6 Å². The topological polar surface area (TPSA) is 41.1 Å². The molecule has 1 amide bonds.